The SMILES string of the molecule is CCCC[C@@H](CC)CNC(=O)COC(=O)CN1C(=O)N[C@@](C)(c2ccccc2)C1=O. The summed E-state index contributed by atoms with van der Waals surface area (Å²) in [4.78, 5) is 49.9. The molecule has 0 bridgehead atoms. The van der Waals surface area contributed by atoms with E-state index in [9.17, 15) is 19.2 Å². The van der Waals surface area contributed by atoms with Crippen LogP contribution in [0, 0.1) is 5.92 Å². The van der Waals surface area contributed by atoms with E-state index in [2.05, 4.69) is 24.5 Å². The van der Waals surface area contributed by atoms with Crippen LogP contribution in [0.15, 0.2) is 30.3 Å². The molecule has 2 rings (SSSR count). The van der Waals surface area contributed by atoms with E-state index in [-0.39, 0.29) is 0 Å². The van der Waals surface area contributed by atoms with E-state index < -0.39 is 42.5 Å². The van der Waals surface area contributed by atoms with Crippen molar-refractivity contribution in [3.63, 3.8) is 0 Å². The molecule has 0 saturated carbocycles. The summed E-state index contributed by atoms with van der Waals surface area (Å²) in [5.41, 5.74) is -0.629. The Morgan fingerprint density at radius 3 is 2.53 bits per heavy atom. The maximum absolute atomic E-state index is 12.8. The Balaban J connectivity index is 1.82. The van der Waals surface area contributed by atoms with Gasteiger partial charge < -0.3 is 15.4 Å². The Bertz CT molecular complexity index is 767. The van der Waals surface area contributed by atoms with E-state index in [1.165, 1.54) is 0 Å². The largest absolute Gasteiger partial charge is 0.454 e. The van der Waals surface area contributed by atoms with Gasteiger partial charge in [-0.25, -0.2) is 4.79 Å². The molecule has 2 N–H and O–H groups in total. The number of nitrogens with zero attached hydrogens (tertiary/aromatic N) is 1. The minimum absolute atomic E-state index is 0.395. The highest BCUT2D eigenvalue weighted by atomic mass is 16.5. The molecule has 8 heteroatoms. The number of hydrogen-bond acceptors (Lipinski definition) is 5. The number of ether oxygens (including phenoxy) is 1. The van der Waals surface area contributed by atoms with Crippen LogP contribution >= 0.6 is 0 Å². The van der Waals surface area contributed by atoms with Crippen LogP contribution in [0.1, 0.15) is 52.0 Å². The summed E-state index contributed by atoms with van der Waals surface area (Å²) >= 11 is 0. The number of urea groups is 1. The van der Waals surface area contributed by atoms with Gasteiger partial charge in [-0.2, -0.15) is 0 Å². The zero-order chi connectivity index (χ0) is 22.1. The van der Waals surface area contributed by atoms with Gasteiger partial charge >= 0.3 is 12.0 Å². The predicted molar refractivity (Wildman–Crippen MR) is 111 cm³/mol. The lowest BCUT2D eigenvalue weighted by Gasteiger charge is -2.21. The fourth-order valence-corrected chi connectivity index (χ4v) is 3.38. The molecule has 0 aliphatic carbocycles. The maximum Gasteiger partial charge on any atom is 0.326 e. The number of amides is 4. The second-order valence-electron chi connectivity index (χ2n) is 7.69. The van der Waals surface area contributed by atoms with Crippen LogP contribution in [-0.4, -0.2) is 48.4 Å². The number of carbonyl (C=O) groups excluding carboxylic acids is 4. The molecule has 4 amide bonds. The van der Waals surface area contributed by atoms with Gasteiger partial charge in [0.05, 0.1) is 0 Å². The number of esters is 1. The molecule has 1 aromatic rings. The summed E-state index contributed by atoms with van der Waals surface area (Å²) < 4.78 is 4.96. The van der Waals surface area contributed by atoms with Gasteiger partial charge in [0.15, 0.2) is 6.61 Å². The molecule has 1 fully saturated rings. The molecular weight excluding hydrogens is 386 g/mol. The number of hydrogen-bond donors (Lipinski definition) is 2. The normalized spacial score (nSPS) is 19.4. The number of rotatable bonds is 11. The van der Waals surface area contributed by atoms with Gasteiger partial charge in [-0.3, -0.25) is 19.3 Å². The molecule has 0 unspecified atom stereocenters. The third-order valence-corrected chi connectivity index (χ3v) is 5.41. The summed E-state index contributed by atoms with van der Waals surface area (Å²) in [7, 11) is 0. The highest BCUT2D eigenvalue weighted by Gasteiger charge is 2.49. The minimum Gasteiger partial charge on any atom is -0.454 e. The zero-order valence-electron chi connectivity index (χ0n) is 17.9. The first-order valence-corrected chi connectivity index (χ1v) is 10.4. The highest BCUT2D eigenvalue weighted by Crippen LogP contribution is 2.28. The van der Waals surface area contributed by atoms with Crippen molar-refractivity contribution >= 4 is 23.8 Å². The predicted octanol–water partition coefficient (Wildman–Crippen LogP) is 2.33. The monoisotopic (exact) mass is 417 g/mol. The van der Waals surface area contributed by atoms with Crippen molar-refractivity contribution in [3.05, 3.63) is 35.9 Å². The Kier molecular flexibility index (Phi) is 8.38. The lowest BCUT2D eigenvalue weighted by Crippen LogP contribution is -2.42. The maximum atomic E-state index is 12.8. The van der Waals surface area contributed by atoms with Gasteiger partial charge in [0.25, 0.3) is 11.8 Å². The second kappa shape index (κ2) is 10.8. The van der Waals surface area contributed by atoms with E-state index in [4.69, 9.17) is 4.74 Å². The van der Waals surface area contributed by atoms with Gasteiger partial charge in [-0.1, -0.05) is 63.4 Å². The molecule has 1 aromatic carbocycles. The minimum atomic E-state index is -1.25. The van der Waals surface area contributed by atoms with Gasteiger partial charge in [0.2, 0.25) is 0 Å². The summed E-state index contributed by atoms with van der Waals surface area (Å²) in [6.07, 6.45) is 4.22. The third kappa shape index (κ3) is 5.81. The van der Waals surface area contributed by atoms with E-state index >= 15 is 0 Å². The van der Waals surface area contributed by atoms with Crippen LogP contribution in [0.4, 0.5) is 4.79 Å². The van der Waals surface area contributed by atoms with Crippen LogP contribution in [0.3, 0.4) is 0 Å². The van der Waals surface area contributed by atoms with E-state index in [0.717, 1.165) is 30.6 Å². The van der Waals surface area contributed by atoms with Gasteiger partial charge in [-0.15, -0.1) is 0 Å². The average molecular weight is 418 g/mol. The quantitative estimate of drug-likeness (QED) is 0.425. The Labute approximate surface area is 177 Å². The van der Waals surface area contributed by atoms with E-state index in [1.807, 2.05) is 0 Å². The number of carbonyl (C=O) groups is 4. The molecule has 0 aromatic heterocycles. The lowest BCUT2D eigenvalue weighted by atomic mass is 9.92. The van der Waals surface area contributed by atoms with Crippen LogP contribution in [-0.2, 0) is 24.7 Å². The summed E-state index contributed by atoms with van der Waals surface area (Å²) in [6, 6.07) is 8.13. The smallest absolute Gasteiger partial charge is 0.326 e. The first-order chi connectivity index (χ1) is 14.3. The van der Waals surface area contributed by atoms with Crippen molar-refractivity contribution in [3.8, 4) is 0 Å². The molecule has 1 aliphatic heterocycles. The van der Waals surface area contributed by atoms with Gasteiger partial charge in [-0.05, 0) is 24.8 Å². The van der Waals surface area contributed by atoms with Gasteiger partial charge in [0.1, 0.15) is 12.1 Å². The molecule has 0 radical (unpaired) electrons. The number of unbranched alkanes of at least 4 members (excludes halogenated alkanes) is 1. The van der Waals surface area contributed by atoms with Crippen molar-refractivity contribution in [2.45, 2.75) is 52.0 Å². The molecule has 1 aliphatic rings. The Morgan fingerprint density at radius 1 is 1.20 bits per heavy atom. The molecule has 1 heterocycles. The molecule has 30 heavy (non-hydrogen) atoms. The number of imide groups is 1. The molecule has 164 valence electrons. The average Bonchev–Trinajstić information content (AvgIpc) is 2.97. The summed E-state index contributed by atoms with van der Waals surface area (Å²) in [5, 5.41) is 5.39. The lowest BCUT2D eigenvalue weighted by molar-refractivity contribution is -0.151. The number of nitrogens with one attached hydrogen (secondary N) is 2. The van der Waals surface area contributed by atoms with Crippen molar-refractivity contribution in [2.75, 3.05) is 19.7 Å². The van der Waals surface area contributed by atoms with Crippen molar-refractivity contribution < 1.29 is 23.9 Å². The number of benzene rings is 1. The summed E-state index contributed by atoms with van der Waals surface area (Å²) in [6.45, 7) is 5.34. The van der Waals surface area contributed by atoms with Crippen LogP contribution < -0.4 is 10.6 Å². The fourth-order valence-electron chi connectivity index (χ4n) is 3.38. The fraction of sp³-hybridized carbons (Fsp3) is 0.545. The Hall–Kier alpha value is -2.90. The van der Waals surface area contributed by atoms with Crippen molar-refractivity contribution in [1.82, 2.24) is 15.5 Å². The first-order valence-electron chi connectivity index (χ1n) is 10.4. The second-order valence-corrected chi connectivity index (χ2v) is 7.69. The third-order valence-electron chi connectivity index (χ3n) is 5.41. The topological polar surface area (TPSA) is 105 Å². The first kappa shape index (κ1) is 23.4. The van der Waals surface area contributed by atoms with E-state index in [0.29, 0.717) is 18.0 Å². The molecule has 1 saturated heterocycles. The summed E-state index contributed by atoms with van der Waals surface area (Å²) in [5.74, 6) is -1.36. The Morgan fingerprint density at radius 2 is 1.90 bits per heavy atom. The van der Waals surface area contributed by atoms with Crippen LogP contribution in [0.5, 0.6) is 0 Å². The molecule has 2 atom stereocenters. The van der Waals surface area contributed by atoms with Crippen molar-refractivity contribution in [2.24, 2.45) is 5.92 Å². The van der Waals surface area contributed by atoms with Crippen LogP contribution in [0.25, 0.3) is 0 Å². The van der Waals surface area contributed by atoms with E-state index in [1.54, 1.807) is 37.3 Å². The highest BCUT2D eigenvalue weighted by molar-refractivity contribution is 6.08. The molecular formula is C22H31N3O5. The standard InChI is InChI=1S/C22H31N3O5/c1-4-6-10-16(5-2)13-23-18(26)15-30-19(27)14-25-20(28)22(3,24-21(25)29)17-11-8-7-9-12-17/h7-9,11-12,16H,4-6,10,13-15H2,1-3H3,(H,23,26)(H,24,29)/t16-,22+/m1/s1. The molecule has 0 spiro atoms. The van der Waals surface area contributed by atoms with Gasteiger partial charge in [0, 0.05) is 6.54 Å². The van der Waals surface area contributed by atoms with Crippen LogP contribution in [0.2, 0.25) is 0 Å². The molecule has 8 nitrogen and oxygen atoms in total. The zero-order valence-corrected chi connectivity index (χ0v) is 17.9. The van der Waals surface area contributed by atoms with Crippen molar-refractivity contribution in [1.29, 1.82) is 0 Å².